The molecule has 3 nitrogen and oxygen atoms in total. The minimum absolute atomic E-state index is 0. The van der Waals surface area contributed by atoms with Gasteiger partial charge in [0.2, 0.25) is 0 Å². The third-order valence-corrected chi connectivity index (χ3v) is 4.62. The van der Waals surface area contributed by atoms with Crippen LogP contribution in [0.4, 0.5) is 0 Å². The quantitative estimate of drug-likeness (QED) is 0.273. The second-order valence-corrected chi connectivity index (χ2v) is 6.36. The van der Waals surface area contributed by atoms with Crippen molar-refractivity contribution in [2.75, 3.05) is 0 Å². The Hall–Kier alpha value is -0.706. The Labute approximate surface area is 201 Å². The van der Waals surface area contributed by atoms with Crippen molar-refractivity contribution in [2.24, 2.45) is 0 Å². The number of aromatic hydroxyl groups is 1. The van der Waals surface area contributed by atoms with Gasteiger partial charge in [0.05, 0.1) is 0 Å². The van der Waals surface area contributed by atoms with Crippen LogP contribution < -0.4 is 42.0 Å². The monoisotopic (exact) mass is 479 g/mol. The molecule has 1 N–H and O–H groups in total. The topological polar surface area (TPSA) is 46.5 Å². The maximum Gasteiger partial charge on any atom is 3.00 e. The van der Waals surface area contributed by atoms with Crippen molar-refractivity contribution in [1.29, 1.82) is 0 Å². The summed E-state index contributed by atoms with van der Waals surface area (Å²) in [6.45, 7) is 10.0. The Morgan fingerprint density at radius 3 is 1.93 bits per heavy atom. The van der Waals surface area contributed by atoms with Gasteiger partial charge in [0.15, 0.2) is 0 Å². The maximum absolute atomic E-state index is 12.1. The molecule has 0 spiro atoms. The number of esters is 1. The summed E-state index contributed by atoms with van der Waals surface area (Å²) >= 11 is 0. The van der Waals surface area contributed by atoms with Gasteiger partial charge in [0, 0.05) is 17.5 Å². The normalized spacial score (nSPS) is 9.18. The van der Waals surface area contributed by atoms with E-state index in [1.54, 1.807) is 6.07 Å². The summed E-state index contributed by atoms with van der Waals surface area (Å²) in [6.07, 6.45) is 2.17. The summed E-state index contributed by atoms with van der Waals surface area (Å²) < 4.78 is 5.64. The Bertz CT molecular complexity index is 780. The molecule has 0 heterocycles. The fourth-order valence-electron chi connectivity index (χ4n) is 2.80. The van der Waals surface area contributed by atoms with Crippen LogP contribution in [0.15, 0.2) is 24.3 Å². The van der Waals surface area contributed by atoms with Crippen LogP contribution in [0, 0.1) is 27.7 Å². The van der Waals surface area contributed by atoms with E-state index in [0.717, 1.165) is 46.2 Å². The number of aryl methyl sites for hydroxylation is 2. The molecule has 2 aromatic rings. The minimum atomic E-state index is -0.230. The number of benzene rings is 2. The molecule has 0 amide bonds. The summed E-state index contributed by atoms with van der Waals surface area (Å²) in [4.78, 5) is 12.1. The number of halogens is 3. The van der Waals surface area contributed by atoms with Crippen LogP contribution in [0.1, 0.15) is 48.4 Å². The minimum Gasteiger partial charge on any atom is -1.00 e. The molecule has 0 bridgehead atoms. The molecule has 0 aliphatic rings. The van der Waals surface area contributed by atoms with Crippen molar-refractivity contribution in [3.63, 3.8) is 0 Å². The molecule has 0 saturated heterocycles. The van der Waals surface area contributed by atoms with E-state index in [0.29, 0.717) is 12.2 Å². The number of phenolic OH excluding ortho intramolecular Hbond substituents is 1. The average molecular weight is 481 g/mol. The molecule has 2 rings (SSSR count). The molecule has 0 aromatic heterocycles. The average Bonchev–Trinajstić information content (AvgIpc) is 2.55. The smallest absolute Gasteiger partial charge is 1.00 e. The van der Waals surface area contributed by atoms with Gasteiger partial charge in [0.1, 0.15) is 11.5 Å². The van der Waals surface area contributed by atoms with Crippen LogP contribution in [0.2, 0.25) is 0 Å². The van der Waals surface area contributed by atoms with Crippen molar-refractivity contribution in [2.45, 2.75) is 53.9 Å². The first kappa shape index (κ1) is 32.0. The maximum atomic E-state index is 12.1. The summed E-state index contributed by atoms with van der Waals surface area (Å²) in [6, 6.07) is 7.36. The van der Waals surface area contributed by atoms with E-state index in [2.05, 4.69) is 0 Å². The van der Waals surface area contributed by atoms with E-state index in [1.165, 1.54) is 0 Å². The summed E-state index contributed by atoms with van der Waals surface area (Å²) in [5.74, 6) is 0.493. The van der Waals surface area contributed by atoms with Gasteiger partial charge in [-0.15, -0.1) is 0 Å². The van der Waals surface area contributed by atoms with Crippen LogP contribution >= 0.6 is 0 Å². The molecule has 0 saturated carbocycles. The van der Waals surface area contributed by atoms with Crippen molar-refractivity contribution >= 4 is 5.97 Å². The fourth-order valence-corrected chi connectivity index (χ4v) is 2.80. The van der Waals surface area contributed by atoms with Gasteiger partial charge in [-0.1, -0.05) is 25.5 Å². The van der Waals surface area contributed by atoms with Gasteiger partial charge in [-0.05, 0) is 68.5 Å². The number of phenols is 1. The molecule has 7 heteroatoms. The van der Waals surface area contributed by atoms with E-state index in [9.17, 15) is 9.90 Å². The molecule has 2 aromatic carbocycles. The molecule has 1 radical (unpaired) electrons. The number of rotatable bonds is 5. The Balaban J connectivity index is -0.00000156. The predicted molar refractivity (Wildman–Crippen MR) is 97.7 cm³/mol. The Morgan fingerprint density at radius 2 is 1.39 bits per heavy atom. The van der Waals surface area contributed by atoms with Crippen molar-refractivity contribution in [3.8, 4) is 22.6 Å². The molecule has 0 aliphatic heterocycles. The number of unbranched alkanes of at least 4 members (excludes halogenated alkanes) is 1. The van der Waals surface area contributed by atoms with E-state index < -0.39 is 0 Å². The van der Waals surface area contributed by atoms with Gasteiger partial charge in [0.25, 0.3) is 0 Å². The van der Waals surface area contributed by atoms with Crippen LogP contribution in [0.25, 0.3) is 11.1 Å². The zero-order valence-electron chi connectivity index (χ0n) is 16.8. The van der Waals surface area contributed by atoms with E-state index in [1.807, 2.05) is 52.8 Å². The Morgan fingerprint density at radius 1 is 0.893 bits per heavy atom. The molecule has 0 unspecified atom stereocenters. The number of hydrogen-bond acceptors (Lipinski definition) is 3. The van der Waals surface area contributed by atoms with Crippen LogP contribution in [-0.2, 0) is 26.5 Å². The molecule has 0 aliphatic carbocycles. The zero-order valence-corrected chi connectivity index (χ0v) is 20.7. The van der Waals surface area contributed by atoms with Crippen LogP contribution in [0.5, 0.6) is 11.5 Å². The molecule has 0 fully saturated rings. The van der Waals surface area contributed by atoms with Crippen LogP contribution in [-0.4, -0.2) is 11.1 Å². The molecular formula is C21H26Cl3O3Ti. The zero-order chi connectivity index (χ0) is 17.9. The number of carbonyl (C=O) groups is 1. The molecule has 28 heavy (non-hydrogen) atoms. The first-order valence-corrected chi connectivity index (χ1v) is 8.47. The summed E-state index contributed by atoms with van der Waals surface area (Å²) in [5, 5.41) is 10.4. The number of ether oxygens (including phenoxy) is 1. The molecule has 153 valence electrons. The van der Waals surface area contributed by atoms with Gasteiger partial charge in [-0.25, -0.2) is 0 Å². The first-order chi connectivity index (χ1) is 11.4. The van der Waals surface area contributed by atoms with Gasteiger partial charge < -0.3 is 47.1 Å². The fraction of sp³-hybridized carbons (Fsp3) is 0.381. The SMILES string of the molecule is CCCCC(=O)Oc1ccc(C)c(C)c1-c1c(O)ccc(C)c1C.[Cl-].[Cl-].[Cl-].[Ti+3]. The van der Waals surface area contributed by atoms with Crippen molar-refractivity contribution in [1.82, 2.24) is 0 Å². The number of hydrogen-bond donors (Lipinski definition) is 1. The van der Waals surface area contributed by atoms with E-state index >= 15 is 0 Å². The third kappa shape index (κ3) is 7.28. The summed E-state index contributed by atoms with van der Waals surface area (Å²) in [5.41, 5.74) is 5.74. The van der Waals surface area contributed by atoms with E-state index in [4.69, 9.17) is 4.74 Å². The molecule has 0 atom stereocenters. The Kier molecular flexibility index (Phi) is 16.3. The third-order valence-electron chi connectivity index (χ3n) is 4.62. The first-order valence-electron chi connectivity index (χ1n) is 8.47. The predicted octanol–water partition coefficient (Wildman–Crippen LogP) is -3.60. The van der Waals surface area contributed by atoms with E-state index in [-0.39, 0.29) is 70.7 Å². The number of carbonyl (C=O) groups excluding carboxylic acids is 1. The van der Waals surface area contributed by atoms with Gasteiger partial charge in [-0.2, -0.15) is 0 Å². The second-order valence-electron chi connectivity index (χ2n) is 6.36. The largest absolute Gasteiger partial charge is 3.00 e. The van der Waals surface area contributed by atoms with Gasteiger partial charge in [-0.3, -0.25) is 4.79 Å². The second kappa shape index (κ2) is 14.3. The van der Waals surface area contributed by atoms with Gasteiger partial charge >= 0.3 is 27.7 Å². The standard InChI is InChI=1S/C21H26O3.3ClH.Ti/c1-6-7-8-19(23)24-18-12-10-14(3)16(5)21(18)20-15(4)13(2)9-11-17(20)22;;;;/h9-12,22H,6-8H2,1-5H3;3*1H;/q;;;;+3/p-3. The van der Waals surface area contributed by atoms with Crippen molar-refractivity contribution < 1.29 is 73.6 Å². The van der Waals surface area contributed by atoms with Crippen LogP contribution in [0.3, 0.4) is 0 Å². The molecular weight excluding hydrogens is 454 g/mol. The summed E-state index contributed by atoms with van der Waals surface area (Å²) in [7, 11) is 0. The van der Waals surface area contributed by atoms with Crippen molar-refractivity contribution in [3.05, 3.63) is 46.5 Å².